The van der Waals surface area contributed by atoms with Crippen LogP contribution in [0.15, 0.2) is 24.3 Å². The van der Waals surface area contributed by atoms with Crippen LogP contribution in [0.2, 0.25) is 0 Å². The zero-order valence-electron chi connectivity index (χ0n) is 11.5. The molecule has 0 saturated carbocycles. The fourth-order valence-corrected chi connectivity index (χ4v) is 4.27. The third kappa shape index (κ3) is 1.43. The van der Waals surface area contributed by atoms with Gasteiger partial charge in [0.15, 0.2) is 11.5 Å². The zero-order valence-corrected chi connectivity index (χ0v) is 11.5. The first kappa shape index (κ1) is 12.2. The number of methoxy groups -OCH3 is 1. The summed E-state index contributed by atoms with van der Waals surface area (Å²) in [5, 5.41) is 19.9. The average Bonchev–Trinajstić information content (AvgIpc) is 2.71. The van der Waals surface area contributed by atoms with Crippen molar-refractivity contribution < 1.29 is 14.9 Å². The van der Waals surface area contributed by atoms with Gasteiger partial charge in [-0.15, -0.1) is 0 Å². The van der Waals surface area contributed by atoms with Gasteiger partial charge in [0.05, 0.1) is 13.2 Å². The van der Waals surface area contributed by atoms with Crippen molar-refractivity contribution in [1.82, 2.24) is 4.90 Å². The number of benzene rings is 1. The van der Waals surface area contributed by atoms with E-state index in [4.69, 9.17) is 4.74 Å². The molecular formula is C16H19NO3. The van der Waals surface area contributed by atoms with Gasteiger partial charge < -0.3 is 14.9 Å². The largest absolute Gasteiger partial charge is 0.504 e. The zero-order chi connectivity index (χ0) is 13.9. The molecule has 4 heteroatoms. The molecular weight excluding hydrogens is 254 g/mol. The molecule has 20 heavy (non-hydrogen) atoms. The molecule has 0 aromatic heterocycles. The second-order valence-corrected chi connectivity index (χ2v) is 6.12. The van der Waals surface area contributed by atoms with Gasteiger partial charge in [-0.1, -0.05) is 12.2 Å². The van der Waals surface area contributed by atoms with E-state index in [-0.39, 0.29) is 17.3 Å². The lowest BCUT2D eigenvalue weighted by molar-refractivity contribution is 0.110. The Hall–Kier alpha value is -1.52. The van der Waals surface area contributed by atoms with Crippen LogP contribution in [-0.2, 0) is 12.0 Å². The van der Waals surface area contributed by atoms with Gasteiger partial charge in [0.2, 0.25) is 0 Å². The number of fused-ring (bicyclic) bond motifs is 1. The van der Waals surface area contributed by atoms with Gasteiger partial charge in [0.1, 0.15) is 0 Å². The first-order valence-corrected chi connectivity index (χ1v) is 7.16. The molecule has 106 valence electrons. The number of hydrogen-bond donors (Lipinski definition) is 2. The van der Waals surface area contributed by atoms with Crippen LogP contribution in [0.1, 0.15) is 24.0 Å². The quantitative estimate of drug-likeness (QED) is 0.762. The highest BCUT2D eigenvalue weighted by atomic mass is 16.5. The molecule has 0 spiro atoms. The Morgan fingerprint density at radius 2 is 2.25 bits per heavy atom. The predicted molar refractivity (Wildman–Crippen MR) is 74.9 cm³/mol. The van der Waals surface area contributed by atoms with E-state index >= 15 is 0 Å². The van der Waals surface area contributed by atoms with Crippen LogP contribution in [0.5, 0.6) is 11.5 Å². The SMILES string of the molecule is COc1cc2c(cc1O)CN1CC[C@@]23C=C[C@@H](O)C[C@@H]13. The summed E-state index contributed by atoms with van der Waals surface area (Å²) >= 11 is 0. The van der Waals surface area contributed by atoms with Gasteiger partial charge in [0.25, 0.3) is 0 Å². The summed E-state index contributed by atoms with van der Waals surface area (Å²) in [5.74, 6) is 0.748. The topological polar surface area (TPSA) is 52.9 Å². The first-order chi connectivity index (χ1) is 9.64. The summed E-state index contributed by atoms with van der Waals surface area (Å²) < 4.78 is 5.28. The number of ether oxygens (including phenoxy) is 1. The summed E-state index contributed by atoms with van der Waals surface area (Å²) in [6, 6.07) is 4.19. The second-order valence-electron chi connectivity index (χ2n) is 6.12. The molecule has 1 aromatic rings. The minimum absolute atomic E-state index is 0.0200. The van der Waals surface area contributed by atoms with Crippen LogP contribution in [0.25, 0.3) is 0 Å². The fourth-order valence-electron chi connectivity index (χ4n) is 4.27. The summed E-state index contributed by atoms with van der Waals surface area (Å²) in [5.41, 5.74) is 2.42. The third-order valence-corrected chi connectivity index (χ3v) is 5.21. The van der Waals surface area contributed by atoms with E-state index in [0.717, 1.165) is 25.9 Å². The van der Waals surface area contributed by atoms with Crippen LogP contribution in [0.3, 0.4) is 0 Å². The van der Waals surface area contributed by atoms with Gasteiger partial charge in [-0.05, 0) is 36.1 Å². The molecule has 4 rings (SSSR count). The summed E-state index contributed by atoms with van der Waals surface area (Å²) in [4.78, 5) is 2.43. The van der Waals surface area contributed by atoms with Crippen LogP contribution in [0, 0.1) is 0 Å². The number of rotatable bonds is 1. The maximum atomic E-state index is 9.99. The van der Waals surface area contributed by atoms with E-state index in [2.05, 4.69) is 11.0 Å². The van der Waals surface area contributed by atoms with Crippen LogP contribution < -0.4 is 4.74 Å². The van der Waals surface area contributed by atoms with E-state index in [9.17, 15) is 10.2 Å². The molecule has 1 saturated heterocycles. The molecule has 4 atom stereocenters. The number of aliphatic hydroxyl groups excluding tert-OH is 1. The van der Waals surface area contributed by atoms with Gasteiger partial charge in [-0.2, -0.15) is 0 Å². The highest BCUT2D eigenvalue weighted by Crippen LogP contribution is 2.52. The van der Waals surface area contributed by atoms with Crippen molar-refractivity contribution in [1.29, 1.82) is 0 Å². The Morgan fingerprint density at radius 3 is 3.05 bits per heavy atom. The van der Waals surface area contributed by atoms with E-state index in [1.807, 2.05) is 18.2 Å². The highest BCUT2D eigenvalue weighted by Gasteiger charge is 2.52. The normalized spacial score (nSPS) is 37.4. The Bertz CT molecular complexity index is 598. The molecule has 1 aromatic carbocycles. The van der Waals surface area contributed by atoms with Gasteiger partial charge in [-0.25, -0.2) is 0 Å². The van der Waals surface area contributed by atoms with E-state index < -0.39 is 0 Å². The summed E-state index contributed by atoms with van der Waals surface area (Å²) in [7, 11) is 1.58. The van der Waals surface area contributed by atoms with Crippen LogP contribution in [-0.4, -0.2) is 40.9 Å². The van der Waals surface area contributed by atoms with Gasteiger partial charge in [-0.3, -0.25) is 4.90 Å². The maximum Gasteiger partial charge on any atom is 0.160 e. The van der Waals surface area contributed by atoms with E-state index in [0.29, 0.717) is 11.8 Å². The Morgan fingerprint density at radius 1 is 1.40 bits per heavy atom. The van der Waals surface area contributed by atoms with Crippen LogP contribution >= 0.6 is 0 Å². The predicted octanol–water partition coefficient (Wildman–Crippen LogP) is 1.55. The van der Waals surface area contributed by atoms with E-state index in [1.165, 1.54) is 11.1 Å². The number of hydrogen-bond acceptors (Lipinski definition) is 4. The molecule has 1 aliphatic carbocycles. The lowest BCUT2D eigenvalue weighted by atomic mass is 9.66. The van der Waals surface area contributed by atoms with Crippen molar-refractivity contribution in [3.8, 4) is 11.5 Å². The van der Waals surface area contributed by atoms with Crippen molar-refractivity contribution in [2.24, 2.45) is 0 Å². The standard InChI is InChI=1S/C16H19NO3/c1-20-14-8-12-10(6-13(14)19)9-17-5-4-16(12)3-2-11(18)7-15(16)17/h2-3,6,8,11,15,18-19H,4-5,7,9H2,1H3/t11-,15-,16+/m1/s1. The van der Waals surface area contributed by atoms with Crippen molar-refractivity contribution in [3.05, 3.63) is 35.4 Å². The number of aromatic hydroxyl groups is 1. The molecule has 2 aliphatic heterocycles. The molecule has 2 heterocycles. The monoisotopic (exact) mass is 273 g/mol. The van der Waals surface area contributed by atoms with Crippen molar-refractivity contribution in [2.75, 3.05) is 13.7 Å². The third-order valence-electron chi connectivity index (χ3n) is 5.21. The van der Waals surface area contributed by atoms with Gasteiger partial charge >= 0.3 is 0 Å². The molecule has 1 unspecified atom stereocenters. The number of aliphatic hydroxyl groups is 1. The Labute approximate surface area is 118 Å². The van der Waals surface area contributed by atoms with Crippen molar-refractivity contribution in [3.63, 3.8) is 0 Å². The lowest BCUT2D eigenvalue weighted by Gasteiger charge is -2.45. The fraction of sp³-hybridized carbons (Fsp3) is 0.500. The lowest BCUT2D eigenvalue weighted by Crippen LogP contribution is -2.49. The molecule has 3 aliphatic rings. The Balaban J connectivity index is 1.93. The molecule has 0 radical (unpaired) electrons. The molecule has 4 nitrogen and oxygen atoms in total. The maximum absolute atomic E-state index is 9.99. The molecule has 1 fully saturated rings. The molecule has 0 amide bonds. The van der Waals surface area contributed by atoms with Crippen molar-refractivity contribution >= 4 is 0 Å². The average molecular weight is 273 g/mol. The summed E-state index contributed by atoms with van der Waals surface area (Å²) in [6.07, 6.45) is 5.63. The highest BCUT2D eigenvalue weighted by molar-refractivity contribution is 5.54. The van der Waals surface area contributed by atoms with E-state index in [1.54, 1.807) is 7.11 Å². The molecule has 2 bridgehead atoms. The first-order valence-electron chi connectivity index (χ1n) is 7.16. The Kier molecular flexibility index (Phi) is 2.44. The minimum atomic E-state index is -0.339. The number of nitrogens with zero attached hydrogens (tertiary/aromatic N) is 1. The second kappa shape index (κ2) is 3.99. The minimum Gasteiger partial charge on any atom is -0.504 e. The van der Waals surface area contributed by atoms with Crippen molar-refractivity contribution in [2.45, 2.75) is 36.9 Å². The number of phenolic OH excluding ortho intramolecular Hbond substituents is 1. The van der Waals surface area contributed by atoms with Crippen LogP contribution in [0.4, 0.5) is 0 Å². The number of phenols is 1. The molecule has 2 N–H and O–H groups in total. The smallest absolute Gasteiger partial charge is 0.160 e. The van der Waals surface area contributed by atoms with Gasteiger partial charge in [0, 0.05) is 24.5 Å². The summed E-state index contributed by atoms with van der Waals surface area (Å²) in [6.45, 7) is 1.89.